The van der Waals surface area contributed by atoms with Crippen molar-refractivity contribution in [2.75, 3.05) is 0 Å². The van der Waals surface area contributed by atoms with Gasteiger partial charge in [0.15, 0.2) is 0 Å². The third kappa shape index (κ3) is 23.2. The van der Waals surface area contributed by atoms with E-state index in [1.165, 1.54) is 11.1 Å². The van der Waals surface area contributed by atoms with Crippen LogP contribution in [0.3, 0.4) is 0 Å². The first kappa shape index (κ1) is 58.7. The summed E-state index contributed by atoms with van der Waals surface area (Å²) in [4.78, 5) is 38.0. The SMILES string of the molecule is Cc1cc(C(C)(C)C)ccn1.Cc1cc(C(C)(C)C)ncn1.Cc1cccc(C(C)(C)C)n1.Cc1ccnc(C(C)(C)C)n1.Cc1nccc(C(C)(C)C)n1.Cc1ncccc1C(C)(C)C. The predicted molar refractivity (Wildman–Crippen MR) is 279 cm³/mol. The summed E-state index contributed by atoms with van der Waals surface area (Å²) in [7, 11) is 0. The molecule has 9 nitrogen and oxygen atoms in total. The minimum atomic E-state index is 0.0615. The minimum absolute atomic E-state index is 0.0615. The standard InChI is InChI=1S/3C10H15N.3C9H14N2/c1-8-7-9(5-6-11-8)10(2,3)4;1-8-9(10(2,3)4)6-5-7-11-8;1-8-6-5-7-9(11-8)10(2,3)4;1-7-5-8(9(2,3)4)11-6-10-7;1-7-10-6-5-8(11-7)9(2,3)4;1-7-5-6-10-8(11-7)9(2,3)4/h3*5-7H,1-4H3;3*5-6H,1-4H3. The Bertz CT molecular complexity index is 2020. The van der Waals surface area contributed by atoms with Gasteiger partial charge in [-0.05, 0) is 112 Å². The summed E-state index contributed by atoms with van der Waals surface area (Å²) in [5.41, 5.74) is 12.4. The Morgan fingerprint density at radius 2 is 0.864 bits per heavy atom. The molecule has 66 heavy (non-hydrogen) atoms. The van der Waals surface area contributed by atoms with Gasteiger partial charge in [0, 0.05) is 92.0 Å². The summed E-state index contributed by atoms with van der Waals surface area (Å²) in [6, 6.07) is 20.4. The third-order valence-corrected chi connectivity index (χ3v) is 9.82. The first-order valence-corrected chi connectivity index (χ1v) is 23.2. The van der Waals surface area contributed by atoms with Gasteiger partial charge >= 0.3 is 0 Å². The van der Waals surface area contributed by atoms with Gasteiger partial charge in [-0.15, -0.1) is 0 Å². The molecule has 0 amide bonds. The highest BCUT2D eigenvalue weighted by Crippen LogP contribution is 2.25. The maximum Gasteiger partial charge on any atom is 0.133 e. The van der Waals surface area contributed by atoms with E-state index in [0.29, 0.717) is 0 Å². The number of rotatable bonds is 0. The molecule has 0 spiro atoms. The molecular weight excluding hydrogens is 811 g/mol. The second kappa shape index (κ2) is 25.0. The molecule has 6 aromatic rings. The molecule has 6 aromatic heterocycles. The van der Waals surface area contributed by atoms with E-state index in [-0.39, 0.29) is 32.5 Å². The summed E-state index contributed by atoms with van der Waals surface area (Å²) >= 11 is 0. The van der Waals surface area contributed by atoms with Gasteiger partial charge in [0.25, 0.3) is 0 Å². The third-order valence-electron chi connectivity index (χ3n) is 9.82. The second-order valence-electron chi connectivity index (χ2n) is 23.0. The molecule has 0 N–H and O–H groups in total. The smallest absolute Gasteiger partial charge is 0.133 e. The molecule has 0 saturated heterocycles. The normalized spacial score (nSPS) is 11.6. The topological polar surface area (TPSA) is 116 Å². The molecule has 0 saturated carbocycles. The van der Waals surface area contributed by atoms with Gasteiger partial charge in [0.1, 0.15) is 18.0 Å². The minimum Gasteiger partial charge on any atom is -0.262 e. The summed E-state index contributed by atoms with van der Waals surface area (Å²) in [5, 5.41) is 0. The zero-order valence-electron chi connectivity index (χ0n) is 45.7. The lowest BCUT2D eigenvalue weighted by Crippen LogP contribution is -2.15. The van der Waals surface area contributed by atoms with Crippen molar-refractivity contribution in [1.29, 1.82) is 0 Å². The van der Waals surface area contributed by atoms with Crippen LogP contribution in [0.2, 0.25) is 0 Å². The van der Waals surface area contributed by atoms with Crippen LogP contribution in [0.4, 0.5) is 0 Å². The molecular formula is C57H87N9. The van der Waals surface area contributed by atoms with Crippen LogP contribution in [0, 0.1) is 41.5 Å². The van der Waals surface area contributed by atoms with Crippen molar-refractivity contribution in [3.63, 3.8) is 0 Å². The molecule has 0 radical (unpaired) electrons. The Morgan fingerprint density at radius 3 is 1.23 bits per heavy atom. The second-order valence-corrected chi connectivity index (χ2v) is 23.0. The molecule has 0 atom stereocenters. The highest BCUT2D eigenvalue weighted by Gasteiger charge is 2.19. The maximum absolute atomic E-state index is 4.44. The molecule has 0 aromatic carbocycles. The Balaban J connectivity index is 0.000000396. The van der Waals surface area contributed by atoms with Crippen molar-refractivity contribution >= 4 is 0 Å². The van der Waals surface area contributed by atoms with Crippen molar-refractivity contribution in [2.45, 2.75) is 199 Å². The number of hydrogen-bond donors (Lipinski definition) is 0. The number of aryl methyl sites for hydroxylation is 6. The highest BCUT2D eigenvalue weighted by atomic mass is 14.9. The molecule has 0 fully saturated rings. The van der Waals surface area contributed by atoms with Gasteiger partial charge in [0.05, 0.1) is 0 Å². The Labute approximate surface area is 402 Å². The molecule has 0 bridgehead atoms. The summed E-state index contributed by atoms with van der Waals surface area (Å²) in [5.74, 6) is 1.76. The average Bonchev–Trinajstić information content (AvgIpc) is 3.17. The highest BCUT2D eigenvalue weighted by molar-refractivity contribution is 5.26. The maximum atomic E-state index is 4.44. The Kier molecular flexibility index (Phi) is 22.2. The van der Waals surface area contributed by atoms with Gasteiger partial charge in [-0.25, -0.2) is 29.9 Å². The van der Waals surface area contributed by atoms with Crippen molar-refractivity contribution in [3.8, 4) is 0 Å². The Hall–Kier alpha value is -5.31. The van der Waals surface area contributed by atoms with Crippen LogP contribution in [-0.2, 0) is 32.5 Å². The Morgan fingerprint density at radius 1 is 0.333 bits per heavy atom. The summed E-state index contributed by atoms with van der Waals surface area (Å²) in [6.07, 6.45) is 8.95. The average molecular weight is 898 g/mol. The van der Waals surface area contributed by atoms with E-state index in [0.717, 1.165) is 57.2 Å². The fraction of sp³-hybridized carbons (Fsp3) is 0.526. The monoisotopic (exact) mass is 898 g/mol. The first-order chi connectivity index (χ1) is 30.0. The zero-order chi connectivity index (χ0) is 50.9. The van der Waals surface area contributed by atoms with Crippen LogP contribution >= 0.6 is 0 Å². The number of pyridine rings is 3. The van der Waals surface area contributed by atoms with Crippen LogP contribution in [0.25, 0.3) is 0 Å². The van der Waals surface area contributed by atoms with Crippen LogP contribution in [0.15, 0.2) is 91.8 Å². The van der Waals surface area contributed by atoms with Gasteiger partial charge in [0.2, 0.25) is 0 Å². The van der Waals surface area contributed by atoms with Crippen molar-refractivity contribution in [1.82, 2.24) is 44.9 Å². The summed E-state index contributed by atoms with van der Waals surface area (Å²) in [6.45, 7) is 51.0. The lowest BCUT2D eigenvalue weighted by molar-refractivity contribution is 0.543. The number of aromatic nitrogens is 9. The van der Waals surface area contributed by atoms with Crippen LogP contribution in [-0.4, -0.2) is 44.9 Å². The van der Waals surface area contributed by atoms with E-state index in [4.69, 9.17) is 0 Å². The van der Waals surface area contributed by atoms with Crippen molar-refractivity contribution in [2.24, 2.45) is 0 Å². The number of nitrogens with zero attached hydrogens (tertiary/aromatic N) is 9. The zero-order valence-corrected chi connectivity index (χ0v) is 45.7. The molecule has 360 valence electrons. The van der Waals surface area contributed by atoms with Crippen molar-refractivity contribution < 1.29 is 0 Å². The molecule has 0 aliphatic heterocycles. The van der Waals surface area contributed by atoms with Crippen LogP contribution in [0.1, 0.15) is 193 Å². The van der Waals surface area contributed by atoms with E-state index < -0.39 is 0 Å². The largest absolute Gasteiger partial charge is 0.262 e. The van der Waals surface area contributed by atoms with E-state index >= 15 is 0 Å². The van der Waals surface area contributed by atoms with Crippen molar-refractivity contribution in [3.05, 3.63) is 160 Å². The molecule has 0 aliphatic carbocycles. The van der Waals surface area contributed by atoms with Gasteiger partial charge in [-0.3, -0.25) is 15.0 Å². The van der Waals surface area contributed by atoms with E-state index in [9.17, 15) is 0 Å². The van der Waals surface area contributed by atoms with Gasteiger partial charge in [-0.2, -0.15) is 0 Å². The predicted octanol–water partition coefficient (Wildman–Crippen LogP) is 14.3. The van der Waals surface area contributed by atoms with E-state index in [1.807, 2.05) is 89.7 Å². The molecule has 6 heterocycles. The fourth-order valence-corrected chi connectivity index (χ4v) is 5.80. The number of hydrogen-bond acceptors (Lipinski definition) is 9. The quantitative estimate of drug-likeness (QED) is 0.147. The fourth-order valence-electron chi connectivity index (χ4n) is 5.80. The van der Waals surface area contributed by atoms with Gasteiger partial charge in [-0.1, -0.05) is 137 Å². The van der Waals surface area contributed by atoms with E-state index in [1.54, 1.807) is 6.33 Å². The lowest BCUT2D eigenvalue weighted by Gasteiger charge is -2.20. The molecule has 0 unspecified atom stereocenters. The van der Waals surface area contributed by atoms with E-state index in [2.05, 4.69) is 207 Å². The molecule has 0 aliphatic rings. The molecule has 6 rings (SSSR count). The lowest BCUT2D eigenvalue weighted by atomic mass is 9.86. The first-order valence-electron chi connectivity index (χ1n) is 23.2. The van der Waals surface area contributed by atoms with Gasteiger partial charge < -0.3 is 0 Å². The summed E-state index contributed by atoms with van der Waals surface area (Å²) < 4.78 is 0. The molecule has 9 heteroatoms. The van der Waals surface area contributed by atoms with Crippen LogP contribution in [0.5, 0.6) is 0 Å². The van der Waals surface area contributed by atoms with Crippen LogP contribution < -0.4 is 0 Å².